The van der Waals surface area contributed by atoms with Gasteiger partial charge in [-0.05, 0) is 24.1 Å². The fourth-order valence-electron chi connectivity index (χ4n) is 0.922. The molecule has 1 aromatic carbocycles. The Bertz CT molecular complexity index is 259. The first-order chi connectivity index (χ1) is 5.34. The molecule has 0 saturated heterocycles. The molecule has 1 rings (SSSR count). The molecule has 0 atom stereocenters. The summed E-state index contributed by atoms with van der Waals surface area (Å²) in [5.74, 6) is 0. The first-order valence-electron chi connectivity index (χ1n) is 3.57. The molecule has 0 aliphatic rings. The lowest BCUT2D eigenvalue weighted by Crippen LogP contribution is -1.77. The van der Waals surface area contributed by atoms with Crippen LogP contribution in [-0.4, -0.2) is 6.21 Å². The van der Waals surface area contributed by atoms with Crippen molar-refractivity contribution in [2.45, 2.75) is 6.92 Å². The van der Waals surface area contributed by atoms with Gasteiger partial charge in [-0.2, -0.15) is 0 Å². The quantitative estimate of drug-likeness (QED) is 0.619. The predicted molar refractivity (Wildman–Crippen MR) is 48.9 cm³/mol. The summed E-state index contributed by atoms with van der Waals surface area (Å²) in [6, 6.07) is 10.1. The van der Waals surface area contributed by atoms with Crippen LogP contribution in [0.3, 0.4) is 0 Å². The Balaban J connectivity index is 2.94. The van der Waals surface area contributed by atoms with Crippen molar-refractivity contribution < 1.29 is 0 Å². The monoisotopic (exact) mass is 145 g/mol. The van der Waals surface area contributed by atoms with Crippen LogP contribution >= 0.6 is 0 Å². The van der Waals surface area contributed by atoms with Gasteiger partial charge in [0.15, 0.2) is 0 Å². The van der Waals surface area contributed by atoms with E-state index in [0.717, 1.165) is 5.57 Å². The van der Waals surface area contributed by atoms with Crippen LogP contribution in [0.5, 0.6) is 0 Å². The van der Waals surface area contributed by atoms with Crippen LogP contribution in [0.25, 0.3) is 5.57 Å². The molecule has 0 fully saturated rings. The van der Waals surface area contributed by atoms with Crippen LogP contribution < -0.4 is 0 Å². The van der Waals surface area contributed by atoms with Crippen LogP contribution in [-0.2, 0) is 0 Å². The zero-order valence-corrected chi connectivity index (χ0v) is 6.54. The van der Waals surface area contributed by atoms with Gasteiger partial charge in [0.2, 0.25) is 0 Å². The van der Waals surface area contributed by atoms with E-state index in [-0.39, 0.29) is 0 Å². The molecule has 0 aliphatic heterocycles. The van der Waals surface area contributed by atoms with Crippen molar-refractivity contribution in [1.29, 1.82) is 5.41 Å². The van der Waals surface area contributed by atoms with Crippen molar-refractivity contribution in [2.24, 2.45) is 0 Å². The van der Waals surface area contributed by atoms with E-state index < -0.39 is 0 Å². The van der Waals surface area contributed by atoms with E-state index in [0.29, 0.717) is 0 Å². The molecule has 1 aromatic rings. The fraction of sp³-hybridized carbons (Fsp3) is 0.100. The highest BCUT2D eigenvalue weighted by atomic mass is 14.3. The topological polar surface area (TPSA) is 23.9 Å². The van der Waals surface area contributed by atoms with Crippen molar-refractivity contribution in [3.8, 4) is 0 Å². The van der Waals surface area contributed by atoms with Gasteiger partial charge in [-0.1, -0.05) is 30.3 Å². The maximum absolute atomic E-state index is 6.88. The van der Waals surface area contributed by atoms with Crippen LogP contribution in [0.1, 0.15) is 12.5 Å². The van der Waals surface area contributed by atoms with Crippen LogP contribution in [0.2, 0.25) is 0 Å². The molecule has 11 heavy (non-hydrogen) atoms. The molecule has 0 aromatic heterocycles. The lowest BCUT2D eigenvalue weighted by atomic mass is 10.1. The third-order valence-corrected chi connectivity index (χ3v) is 1.56. The second-order valence-corrected chi connectivity index (χ2v) is 2.38. The molecule has 0 aliphatic carbocycles. The molecule has 1 heteroatoms. The van der Waals surface area contributed by atoms with Crippen molar-refractivity contribution in [3.05, 3.63) is 42.0 Å². The Kier molecular flexibility index (Phi) is 2.61. The van der Waals surface area contributed by atoms with Crippen LogP contribution in [0, 0.1) is 5.41 Å². The Labute approximate surface area is 66.9 Å². The molecule has 56 valence electrons. The SMILES string of the molecule is C/C(=C/C=N)c1ccccc1. The molecule has 0 amide bonds. The number of benzene rings is 1. The molecule has 0 unspecified atom stereocenters. The van der Waals surface area contributed by atoms with Gasteiger partial charge in [0.05, 0.1) is 0 Å². The third-order valence-electron chi connectivity index (χ3n) is 1.56. The largest absolute Gasteiger partial charge is 0.309 e. The number of rotatable bonds is 2. The molecule has 0 radical (unpaired) electrons. The van der Waals surface area contributed by atoms with Gasteiger partial charge in [0.25, 0.3) is 0 Å². The standard InChI is InChI=1S/C10H11N/c1-9(7-8-11)10-5-3-2-4-6-10/h2-8,11H,1H3/b9-7-,11-8?. The predicted octanol–water partition coefficient (Wildman–Crippen LogP) is 2.74. The van der Waals surface area contributed by atoms with E-state index in [9.17, 15) is 0 Å². The van der Waals surface area contributed by atoms with Gasteiger partial charge in [0.1, 0.15) is 0 Å². The molecule has 1 N–H and O–H groups in total. The first kappa shape index (κ1) is 7.73. The Morgan fingerprint density at radius 2 is 1.91 bits per heavy atom. The smallest absolute Gasteiger partial charge is 0.0180 e. The summed E-state index contributed by atoms with van der Waals surface area (Å²) in [6.07, 6.45) is 3.09. The van der Waals surface area contributed by atoms with Crippen molar-refractivity contribution >= 4 is 11.8 Å². The zero-order chi connectivity index (χ0) is 8.10. The lowest BCUT2D eigenvalue weighted by molar-refractivity contribution is 1.55. The van der Waals surface area contributed by atoms with E-state index in [4.69, 9.17) is 5.41 Å². The number of hydrogen-bond acceptors (Lipinski definition) is 1. The van der Waals surface area contributed by atoms with Gasteiger partial charge in [-0.3, -0.25) is 0 Å². The van der Waals surface area contributed by atoms with E-state index in [1.54, 1.807) is 6.08 Å². The highest BCUT2D eigenvalue weighted by Gasteiger charge is 1.89. The van der Waals surface area contributed by atoms with E-state index in [2.05, 4.69) is 0 Å². The average Bonchev–Trinajstić information content (AvgIpc) is 2.07. The van der Waals surface area contributed by atoms with E-state index in [1.807, 2.05) is 37.3 Å². The summed E-state index contributed by atoms with van der Waals surface area (Å²) >= 11 is 0. The minimum Gasteiger partial charge on any atom is -0.309 e. The highest BCUT2D eigenvalue weighted by molar-refractivity contribution is 5.81. The van der Waals surface area contributed by atoms with Crippen LogP contribution in [0.4, 0.5) is 0 Å². The maximum atomic E-state index is 6.88. The highest BCUT2D eigenvalue weighted by Crippen LogP contribution is 2.10. The normalized spacial score (nSPS) is 11.2. The maximum Gasteiger partial charge on any atom is 0.0180 e. The van der Waals surface area contributed by atoms with Crippen molar-refractivity contribution in [3.63, 3.8) is 0 Å². The average molecular weight is 145 g/mol. The Morgan fingerprint density at radius 1 is 1.27 bits per heavy atom. The fourth-order valence-corrected chi connectivity index (χ4v) is 0.922. The van der Waals surface area contributed by atoms with E-state index in [1.165, 1.54) is 11.8 Å². The minimum atomic E-state index is 1.13. The molecular formula is C10H11N. The van der Waals surface area contributed by atoms with E-state index >= 15 is 0 Å². The van der Waals surface area contributed by atoms with Gasteiger partial charge >= 0.3 is 0 Å². The van der Waals surface area contributed by atoms with Gasteiger partial charge in [-0.15, -0.1) is 0 Å². The second kappa shape index (κ2) is 3.71. The number of nitrogens with one attached hydrogen (secondary N) is 1. The summed E-state index contributed by atoms with van der Waals surface area (Å²) in [5, 5.41) is 6.88. The zero-order valence-electron chi connectivity index (χ0n) is 6.54. The number of hydrogen-bond donors (Lipinski definition) is 1. The van der Waals surface area contributed by atoms with Crippen molar-refractivity contribution in [1.82, 2.24) is 0 Å². The summed E-state index contributed by atoms with van der Waals surface area (Å²) < 4.78 is 0. The summed E-state index contributed by atoms with van der Waals surface area (Å²) in [4.78, 5) is 0. The van der Waals surface area contributed by atoms with Gasteiger partial charge in [0, 0.05) is 6.21 Å². The first-order valence-corrected chi connectivity index (χ1v) is 3.57. The molecule has 1 nitrogen and oxygen atoms in total. The molecule has 0 saturated carbocycles. The molecule has 0 bridgehead atoms. The Morgan fingerprint density at radius 3 is 2.45 bits per heavy atom. The van der Waals surface area contributed by atoms with Crippen LogP contribution in [0.15, 0.2) is 36.4 Å². The lowest BCUT2D eigenvalue weighted by Gasteiger charge is -1.97. The summed E-state index contributed by atoms with van der Waals surface area (Å²) in [7, 11) is 0. The van der Waals surface area contributed by atoms with Crippen molar-refractivity contribution in [2.75, 3.05) is 0 Å². The third kappa shape index (κ3) is 2.04. The second-order valence-electron chi connectivity index (χ2n) is 2.38. The number of allylic oxidation sites excluding steroid dienone is 2. The Hall–Kier alpha value is -1.37. The molecular weight excluding hydrogens is 134 g/mol. The summed E-state index contributed by atoms with van der Waals surface area (Å²) in [5.41, 5.74) is 2.30. The minimum absolute atomic E-state index is 1.13. The summed E-state index contributed by atoms with van der Waals surface area (Å²) in [6.45, 7) is 2.00. The van der Waals surface area contributed by atoms with Gasteiger partial charge in [-0.25, -0.2) is 0 Å². The van der Waals surface area contributed by atoms with Gasteiger partial charge < -0.3 is 5.41 Å². The molecule has 0 spiro atoms. The molecule has 0 heterocycles.